The smallest absolute Gasteiger partial charge is 0.410 e. The van der Waals surface area contributed by atoms with Crippen molar-refractivity contribution in [2.75, 3.05) is 81.4 Å². The Kier molecular flexibility index (Phi) is 21.4. The second-order valence-electron chi connectivity index (χ2n) is 19.3. The summed E-state index contributed by atoms with van der Waals surface area (Å²) in [6.45, 7) is 17.5. The van der Waals surface area contributed by atoms with Crippen LogP contribution in [0.3, 0.4) is 0 Å². The van der Waals surface area contributed by atoms with Gasteiger partial charge in [0, 0.05) is 74.5 Å². The zero-order valence-electron chi connectivity index (χ0n) is 42.0. The summed E-state index contributed by atoms with van der Waals surface area (Å²) in [6.07, 6.45) is -0.730. The molecule has 18 nitrogen and oxygen atoms in total. The number of carbonyl (C=O) groups is 5. The largest absolute Gasteiger partial charge is 0.469 e. The van der Waals surface area contributed by atoms with Crippen LogP contribution >= 0.6 is 7.37 Å². The van der Waals surface area contributed by atoms with Crippen LogP contribution < -0.4 is 5.32 Å². The molecule has 4 amide bonds. The van der Waals surface area contributed by atoms with Gasteiger partial charge in [-0.05, 0) is 51.0 Å². The van der Waals surface area contributed by atoms with E-state index in [2.05, 4.69) is 15.0 Å². The average molecular weight is 950 g/mol. The van der Waals surface area contributed by atoms with Crippen molar-refractivity contribution in [3.8, 4) is 0 Å². The van der Waals surface area contributed by atoms with Crippen molar-refractivity contribution in [2.24, 2.45) is 22.7 Å². The number of rotatable bonds is 20. The van der Waals surface area contributed by atoms with Gasteiger partial charge in [0.15, 0.2) is 5.96 Å². The van der Waals surface area contributed by atoms with Crippen molar-refractivity contribution in [3.05, 3.63) is 35.9 Å². The highest BCUT2D eigenvalue weighted by Gasteiger charge is 2.44. The number of benzene rings is 1. The summed E-state index contributed by atoms with van der Waals surface area (Å²) in [7, 11) is 5.36. The Morgan fingerprint density at radius 2 is 1.53 bits per heavy atom. The summed E-state index contributed by atoms with van der Waals surface area (Å²) >= 11 is 0. The van der Waals surface area contributed by atoms with Gasteiger partial charge in [0.05, 0.1) is 43.7 Å². The number of likely N-dealkylation sites (N-methyl/N-ethyl adjacent to an activating group) is 1. The standard InChI is InChI=1S/C47H80N7O11P/c1-15-32(4)41(51(11)44(58)40(31(2)3)49-45(50(9)10)52-24-26-53(27-25-52)46(59)65-47(6,7)8)36(62-12)29-38(55)54-23-19-22-35(54)42(64-14)33(5)43(57)48-37(28-34-20-17-16-18-21-34)66(60,61)30-39(56)63-13/h16-18,20-21,31-33,35-37,40-42H,15,19,22-30H2,1-14H3,(H,48,57)(H,60,61)/b49-45+/t32-,33+,35-,36+,37+,40-,41-,42+/m0/s1. The molecular formula is C47H80N7O11P. The minimum Gasteiger partial charge on any atom is -0.469 e. The third kappa shape index (κ3) is 15.4. The van der Waals surface area contributed by atoms with Crippen molar-refractivity contribution in [1.82, 2.24) is 29.8 Å². The molecular weight excluding hydrogens is 870 g/mol. The number of carbonyl (C=O) groups excluding carboxylic acids is 5. The molecule has 0 spiro atoms. The number of nitrogens with one attached hydrogen (secondary N) is 1. The fourth-order valence-electron chi connectivity index (χ4n) is 8.81. The van der Waals surface area contributed by atoms with Gasteiger partial charge in [0.25, 0.3) is 0 Å². The van der Waals surface area contributed by atoms with Crippen LogP contribution in [0.5, 0.6) is 0 Å². The molecule has 2 fully saturated rings. The molecule has 3 rings (SSSR count). The number of nitrogens with zero attached hydrogens (tertiary/aromatic N) is 6. The molecule has 2 N–H and O–H groups in total. The molecule has 2 aliphatic heterocycles. The summed E-state index contributed by atoms with van der Waals surface area (Å²) in [4.78, 5) is 93.3. The van der Waals surface area contributed by atoms with Crippen LogP contribution in [0.4, 0.5) is 4.79 Å². The number of ether oxygens (including phenoxy) is 4. The van der Waals surface area contributed by atoms with E-state index in [0.29, 0.717) is 63.5 Å². The Morgan fingerprint density at radius 3 is 2.05 bits per heavy atom. The molecule has 1 unspecified atom stereocenters. The van der Waals surface area contributed by atoms with Gasteiger partial charge in [-0.2, -0.15) is 0 Å². The van der Waals surface area contributed by atoms with Crippen molar-refractivity contribution >= 4 is 43.1 Å². The van der Waals surface area contributed by atoms with E-state index in [0.717, 1.165) is 7.11 Å². The Bertz CT molecular complexity index is 1840. The Hall–Kier alpha value is -4.25. The summed E-state index contributed by atoms with van der Waals surface area (Å²) in [5.74, 6) is -3.63. The number of piperazine rings is 1. The van der Waals surface area contributed by atoms with E-state index in [1.165, 1.54) is 7.11 Å². The third-order valence-corrected chi connectivity index (χ3v) is 14.7. The number of amides is 4. The molecule has 0 saturated carbocycles. The zero-order valence-corrected chi connectivity index (χ0v) is 42.9. The lowest BCUT2D eigenvalue weighted by Gasteiger charge is -2.41. The molecule has 1 aromatic carbocycles. The fraction of sp³-hybridized carbons (Fsp3) is 0.745. The maximum absolute atomic E-state index is 14.7. The van der Waals surface area contributed by atoms with E-state index in [9.17, 15) is 33.4 Å². The molecule has 9 atom stereocenters. The first-order valence-electron chi connectivity index (χ1n) is 23.2. The lowest BCUT2D eigenvalue weighted by atomic mass is 9.89. The van der Waals surface area contributed by atoms with Crippen molar-refractivity contribution < 1.29 is 52.4 Å². The van der Waals surface area contributed by atoms with Crippen LogP contribution in [0.15, 0.2) is 35.3 Å². The molecule has 2 heterocycles. The molecule has 0 aromatic heterocycles. The van der Waals surface area contributed by atoms with Crippen LogP contribution in [0.2, 0.25) is 0 Å². The number of guanidine groups is 1. The van der Waals surface area contributed by atoms with Gasteiger partial charge < -0.3 is 53.7 Å². The number of likely N-dealkylation sites (tertiary alicyclic amines) is 1. The Balaban J connectivity index is 1.83. The summed E-state index contributed by atoms with van der Waals surface area (Å²) < 4.78 is 35.9. The van der Waals surface area contributed by atoms with E-state index in [1.807, 2.05) is 73.5 Å². The number of hydrogen-bond acceptors (Lipinski definition) is 11. The molecule has 2 aliphatic rings. The predicted molar refractivity (Wildman–Crippen MR) is 254 cm³/mol. The van der Waals surface area contributed by atoms with E-state index in [4.69, 9.17) is 19.2 Å². The minimum absolute atomic E-state index is 0.00176. The maximum atomic E-state index is 14.7. The van der Waals surface area contributed by atoms with Gasteiger partial charge in [-0.25, -0.2) is 9.79 Å². The van der Waals surface area contributed by atoms with Crippen molar-refractivity contribution in [1.29, 1.82) is 0 Å². The lowest BCUT2D eigenvalue weighted by Crippen LogP contribution is -2.56. The van der Waals surface area contributed by atoms with E-state index in [1.54, 1.807) is 60.0 Å². The summed E-state index contributed by atoms with van der Waals surface area (Å²) in [5, 5.41) is 2.75. The van der Waals surface area contributed by atoms with E-state index < -0.39 is 73.0 Å². The first-order chi connectivity index (χ1) is 30.9. The molecule has 1 aromatic rings. The molecule has 0 bridgehead atoms. The molecule has 0 aliphatic carbocycles. The molecule has 66 heavy (non-hydrogen) atoms. The first kappa shape index (κ1) is 56.1. The Labute approximate surface area is 393 Å². The normalized spacial score (nSPS) is 20.0. The average Bonchev–Trinajstić information content (AvgIpc) is 3.75. The van der Waals surface area contributed by atoms with Gasteiger partial charge in [0.1, 0.15) is 23.6 Å². The van der Waals surface area contributed by atoms with Crippen molar-refractivity contribution in [3.63, 3.8) is 0 Å². The van der Waals surface area contributed by atoms with Crippen LogP contribution in [0, 0.1) is 17.8 Å². The van der Waals surface area contributed by atoms with Gasteiger partial charge in [-0.1, -0.05) is 71.4 Å². The number of hydrogen-bond donors (Lipinski definition) is 2. The Morgan fingerprint density at radius 1 is 0.924 bits per heavy atom. The fourth-order valence-corrected chi connectivity index (χ4v) is 10.4. The lowest BCUT2D eigenvalue weighted by molar-refractivity contribution is -0.146. The van der Waals surface area contributed by atoms with Gasteiger partial charge in [0.2, 0.25) is 25.1 Å². The molecule has 2 saturated heterocycles. The molecule has 0 radical (unpaired) electrons. The minimum atomic E-state index is -4.30. The van der Waals surface area contributed by atoms with E-state index in [-0.39, 0.29) is 42.6 Å². The second-order valence-corrected chi connectivity index (χ2v) is 21.7. The number of methoxy groups -OCH3 is 3. The van der Waals surface area contributed by atoms with Crippen LogP contribution in [-0.4, -0.2) is 188 Å². The highest BCUT2D eigenvalue weighted by Crippen LogP contribution is 2.46. The highest BCUT2D eigenvalue weighted by molar-refractivity contribution is 7.59. The highest BCUT2D eigenvalue weighted by atomic mass is 31.2. The summed E-state index contributed by atoms with van der Waals surface area (Å²) in [6, 6.07) is 7.14. The monoisotopic (exact) mass is 950 g/mol. The van der Waals surface area contributed by atoms with Crippen LogP contribution in [-0.2, 0) is 49.1 Å². The van der Waals surface area contributed by atoms with Gasteiger partial charge >= 0.3 is 12.1 Å². The number of esters is 1. The van der Waals surface area contributed by atoms with Crippen LogP contribution in [0.25, 0.3) is 0 Å². The van der Waals surface area contributed by atoms with Crippen molar-refractivity contribution in [2.45, 2.75) is 129 Å². The van der Waals surface area contributed by atoms with Gasteiger partial charge in [-0.15, -0.1) is 0 Å². The van der Waals surface area contributed by atoms with Gasteiger partial charge in [-0.3, -0.25) is 23.7 Å². The zero-order chi connectivity index (χ0) is 49.7. The topological polar surface area (TPSA) is 200 Å². The summed E-state index contributed by atoms with van der Waals surface area (Å²) in [5.41, 5.74) is 0.0898. The SMILES string of the molecule is CC[C@H](C)[C@@H]([C@@H](CC(=O)N1CCC[C@H]1[C@H](OC)[C@@H](C)C(=O)N[C@@H](Cc1ccccc1)P(=O)(O)CC(=O)OC)OC)N(C)C(=O)[C@@H](/N=C(\N(C)C)N1CCN(C(=O)OC(C)(C)C)CC1)C(C)C. The van der Waals surface area contributed by atoms with Crippen LogP contribution in [0.1, 0.15) is 86.6 Å². The van der Waals surface area contributed by atoms with E-state index >= 15 is 0 Å². The third-order valence-electron chi connectivity index (χ3n) is 12.7. The first-order valence-corrected chi connectivity index (χ1v) is 25.1. The number of aliphatic imine (C=N–C) groups is 1. The quantitative estimate of drug-likeness (QED) is 0.0801. The second kappa shape index (κ2) is 25.2. The maximum Gasteiger partial charge on any atom is 0.410 e. The molecule has 19 heteroatoms. The molecule has 374 valence electrons. The predicted octanol–water partition coefficient (Wildman–Crippen LogP) is 4.53.